The van der Waals surface area contributed by atoms with E-state index in [-0.39, 0.29) is 22.3 Å². The van der Waals surface area contributed by atoms with E-state index >= 15 is 0 Å². The molecule has 0 aromatic heterocycles. The largest absolute Gasteiger partial charge is 0.769 e. The second-order valence-corrected chi connectivity index (χ2v) is 4.26. The topological polar surface area (TPSA) is 117 Å². The van der Waals surface area contributed by atoms with E-state index in [1.54, 1.807) is 0 Å². The highest BCUT2D eigenvalue weighted by Crippen LogP contribution is 2.29. The van der Waals surface area contributed by atoms with Gasteiger partial charge in [0.2, 0.25) is 0 Å². The van der Waals surface area contributed by atoms with Crippen LogP contribution in [0.15, 0.2) is 35.5 Å². The van der Waals surface area contributed by atoms with Crippen LogP contribution in [0.25, 0.3) is 0 Å². The maximum atomic E-state index is 10.7. The van der Waals surface area contributed by atoms with Crippen molar-refractivity contribution in [1.82, 2.24) is 0 Å². The summed E-state index contributed by atoms with van der Waals surface area (Å²) in [7, 11) is 0. The molecule has 0 unspecified atom stereocenters. The average molecular weight is 278 g/mol. The molecule has 108 valence electrons. The molecule has 0 heterocycles. The number of hydrogen-bond acceptors (Lipinski definition) is 8. The Hall–Kier alpha value is -2.13. The van der Waals surface area contributed by atoms with Crippen LogP contribution in [0.5, 0.6) is 0 Å². The van der Waals surface area contributed by atoms with Crippen LogP contribution < -0.4 is 15.9 Å². The Morgan fingerprint density at radius 1 is 1.25 bits per heavy atom. The molecular formula is C12H14N4O4-2. The van der Waals surface area contributed by atoms with Crippen LogP contribution >= 0.6 is 0 Å². The lowest BCUT2D eigenvalue weighted by Gasteiger charge is -2.37. The first-order valence-electron chi connectivity index (χ1n) is 6.03. The molecule has 2 rings (SSSR count). The number of rotatable bonds is 4. The lowest BCUT2D eigenvalue weighted by atomic mass is 10.1. The molecule has 0 amide bonds. The quantitative estimate of drug-likeness (QED) is 0.724. The number of nitrogens with zero attached hydrogens (tertiary/aromatic N) is 3. The highest BCUT2D eigenvalue weighted by molar-refractivity contribution is 5.96. The third-order valence-electron chi connectivity index (χ3n) is 2.84. The van der Waals surface area contributed by atoms with Crippen LogP contribution in [0.3, 0.4) is 0 Å². The Bertz CT molecular complexity index is 528. The van der Waals surface area contributed by atoms with Gasteiger partial charge in [0.25, 0.3) is 0 Å². The fraction of sp³-hybridized carbons (Fsp3) is 0.250. The second kappa shape index (κ2) is 6.35. The van der Waals surface area contributed by atoms with Gasteiger partial charge < -0.3 is 15.6 Å². The van der Waals surface area contributed by atoms with Crippen molar-refractivity contribution in [3.63, 3.8) is 0 Å². The van der Waals surface area contributed by atoms with Gasteiger partial charge in [0, 0.05) is 5.69 Å². The minimum Gasteiger partial charge on any atom is -0.769 e. The number of allylic oxidation sites excluding steroid dienone is 2. The molecule has 1 aliphatic rings. The van der Waals surface area contributed by atoms with Crippen LogP contribution in [0.1, 0.15) is 19.3 Å². The highest BCUT2D eigenvalue weighted by Gasteiger charge is 2.08. The molecule has 0 aliphatic heterocycles. The molecule has 8 heteroatoms. The van der Waals surface area contributed by atoms with Crippen molar-refractivity contribution in [3.8, 4) is 0 Å². The van der Waals surface area contributed by atoms with E-state index in [1.165, 1.54) is 12.1 Å². The van der Waals surface area contributed by atoms with E-state index < -0.39 is 5.23 Å². The summed E-state index contributed by atoms with van der Waals surface area (Å²) in [5.74, 6) is 0. The second-order valence-electron chi connectivity index (χ2n) is 4.26. The van der Waals surface area contributed by atoms with Gasteiger partial charge in [0.05, 0.1) is 11.4 Å². The van der Waals surface area contributed by atoms with Crippen molar-refractivity contribution in [2.45, 2.75) is 19.3 Å². The zero-order valence-corrected chi connectivity index (χ0v) is 10.6. The first kappa shape index (κ1) is 14.3. The molecule has 0 bridgehead atoms. The van der Waals surface area contributed by atoms with E-state index in [0.29, 0.717) is 0 Å². The number of hydrazone groups is 1. The maximum Gasteiger partial charge on any atom is 0.121 e. The molecular weight excluding hydrogens is 264 g/mol. The van der Waals surface area contributed by atoms with Gasteiger partial charge in [-0.2, -0.15) is 5.10 Å². The van der Waals surface area contributed by atoms with Gasteiger partial charge in [-0.3, -0.25) is 15.8 Å². The third-order valence-corrected chi connectivity index (χ3v) is 2.84. The number of nitrogens with one attached hydrogen (secondary N) is 1. The van der Waals surface area contributed by atoms with E-state index in [2.05, 4.69) is 10.5 Å². The van der Waals surface area contributed by atoms with Crippen LogP contribution in [0, 0.1) is 10.4 Å². The summed E-state index contributed by atoms with van der Waals surface area (Å²) in [5.41, 5.74) is 3.38. The summed E-state index contributed by atoms with van der Waals surface area (Å²) >= 11 is 0. The molecule has 1 aliphatic carbocycles. The lowest BCUT2D eigenvalue weighted by molar-refractivity contribution is 0.0295. The van der Waals surface area contributed by atoms with Crippen molar-refractivity contribution in [3.05, 3.63) is 40.8 Å². The van der Waals surface area contributed by atoms with Crippen LogP contribution in [0.2, 0.25) is 0 Å². The van der Waals surface area contributed by atoms with Crippen molar-refractivity contribution < 1.29 is 10.4 Å². The zero-order valence-electron chi connectivity index (χ0n) is 10.6. The zero-order chi connectivity index (χ0) is 14.5. The predicted molar refractivity (Wildman–Crippen MR) is 75.8 cm³/mol. The SMILES string of the molecule is [O-]N([O-])c1ccc(N/N=C2\C=CCCC2)c(N(O)O)c1. The smallest absolute Gasteiger partial charge is 0.121 e. The Labute approximate surface area is 115 Å². The minimum absolute atomic E-state index is 0.150. The monoisotopic (exact) mass is 278 g/mol. The van der Waals surface area contributed by atoms with Crippen LogP contribution in [0.4, 0.5) is 17.1 Å². The van der Waals surface area contributed by atoms with E-state index in [1.807, 2.05) is 12.2 Å². The van der Waals surface area contributed by atoms with Crippen LogP contribution in [-0.4, -0.2) is 16.1 Å². The molecule has 0 radical (unpaired) electrons. The lowest BCUT2D eigenvalue weighted by Crippen LogP contribution is -2.14. The average Bonchev–Trinajstić information content (AvgIpc) is 2.45. The summed E-state index contributed by atoms with van der Waals surface area (Å²) in [6.07, 6.45) is 6.75. The van der Waals surface area contributed by atoms with E-state index in [9.17, 15) is 10.4 Å². The van der Waals surface area contributed by atoms with Gasteiger partial charge in [0.15, 0.2) is 0 Å². The summed E-state index contributed by atoms with van der Waals surface area (Å²) < 4.78 is 0. The Morgan fingerprint density at radius 3 is 2.65 bits per heavy atom. The number of benzene rings is 1. The molecule has 0 spiro atoms. The maximum absolute atomic E-state index is 10.7. The summed E-state index contributed by atoms with van der Waals surface area (Å²) in [4.78, 5) is 0. The van der Waals surface area contributed by atoms with Crippen molar-refractivity contribution in [2.75, 3.05) is 15.9 Å². The standard InChI is InChI=1S/C12H14N4O4/c17-15(18)10-6-7-11(12(8-10)16(19)20)14-13-9-4-2-1-3-5-9/h2,4,6-8,14,19-20H,1,3,5H2/q-2/b13-9+. The molecule has 8 nitrogen and oxygen atoms in total. The molecule has 0 saturated heterocycles. The van der Waals surface area contributed by atoms with Crippen LogP contribution in [-0.2, 0) is 0 Å². The minimum atomic E-state index is -0.619. The third kappa shape index (κ3) is 3.45. The number of anilines is 3. The van der Waals surface area contributed by atoms with Gasteiger partial charge in [-0.1, -0.05) is 6.08 Å². The predicted octanol–water partition coefficient (Wildman–Crippen LogP) is 2.58. The molecule has 1 aromatic carbocycles. The molecule has 1 aromatic rings. The van der Waals surface area contributed by atoms with Gasteiger partial charge in [-0.15, -0.1) is 5.23 Å². The molecule has 0 fully saturated rings. The molecule has 20 heavy (non-hydrogen) atoms. The van der Waals surface area contributed by atoms with E-state index in [4.69, 9.17) is 10.4 Å². The Morgan fingerprint density at radius 2 is 2.05 bits per heavy atom. The van der Waals surface area contributed by atoms with Crippen molar-refractivity contribution in [2.24, 2.45) is 5.10 Å². The first-order valence-corrected chi connectivity index (χ1v) is 6.03. The Balaban J connectivity index is 2.22. The molecule has 0 saturated carbocycles. The van der Waals surface area contributed by atoms with Gasteiger partial charge in [0.1, 0.15) is 5.69 Å². The molecule has 3 N–H and O–H groups in total. The summed E-state index contributed by atoms with van der Waals surface area (Å²) in [6.45, 7) is 0. The molecule has 0 atom stereocenters. The number of hydrogen-bond donors (Lipinski definition) is 3. The van der Waals surface area contributed by atoms with Crippen molar-refractivity contribution in [1.29, 1.82) is 0 Å². The van der Waals surface area contributed by atoms with Gasteiger partial charge >= 0.3 is 0 Å². The Kier molecular flexibility index (Phi) is 4.53. The van der Waals surface area contributed by atoms with Gasteiger partial charge in [-0.25, -0.2) is 0 Å². The normalized spacial score (nSPS) is 16.3. The van der Waals surface area contributed by atoms with Gasteiger partial charge in [-0.05, 0) is 43.5 Å². The first-order chi connectivity index (χ1) is 9.58. The summed E-state index contributed by atoms with van der Waals surface area (Å²) in [6, 6.07) is 3.66. The summed E-state index contributed by atoms with van der Waals surface area (Å²) in [5, 5.41) is 42.9. The highest BCUT2D eigenvalue weighted by atomic mass is 16.8. The fourth-order valence-electron chi connectivity index (χ4n) is 1.82. The van der Waals surface area contributed by atoms with Crippen molar-refractivity contribution >= 4 is 22.8 Å². The fourth-order valence-corrected chi connectivity index (χ4v) is 1.82. The van der Waals surface area contributed by atoms with E-state index in [0.717, 1.165) is 31.0 Å².